The second-order valence-corrected chi connectivity index (χ2v) is 3.78. The Morgan fingerprint density at radius 2 is 2.29 bits per heavy atom. The topological polar surface area (TPSA) is 60.4 Å². The first-order chi connectivity index (χ1) is 8.17. The summed E-state index contributed by atoms with van der Waals surface area (Å²) >= 11 is 0. The van der Waals surface area contributed by atoms with Crippen LogP contribution < -0.4 is 4.74 Å². The van der Waals surface area contributed by atoms with Crippen molar-refractivity contribution in [2.75, 3.05) is 7.11 Å². The molecule has 1 unspecified atom stereocenters. The highest BCUT2D eigenvalue weighted by molar-refractivity contribution is 5.31. The molecule has 0 fully saturated rings. The van der Waals surface area contributed by atoms with E-state index in [0.717, 1.165) is 12.2 Å². The number of aromatic nitrogens is 2. The summed E-state index contributed by atoms with van der Waals surface area (Å²) in [6, 6.07) is 3.64. The maximum absolute atomic E-state index is 10.2. The number of aliphatic hydroxyl groups excluding tert-OH is 1. The third-order valence-corrected chi connectivity index (χ3v) is 2.73. The zero-order chi connectivity index (χ0) is 12.4. The third kappa shape index (κ3) is 2.06. The van der Waals surface area contributed by atoms with Crippen molar-refractivity contribution in [3.8, 4) is 5.75 Å². The molecule has 0 saturated heterocycles. The van der Waals surface area contributed by atoms with Gasteiger partial charge in [-0.1, -0.05) is 6.92 Å². The van der Waals surface area contributed by atoms with Crippen molar-refractivity contribution in [3.05, 3.63) is 35.5 Å². The Bertz CT molecular complexity index is 502. The van der Waals surface area contributed by atoms with Gasteiger partial charge in [-0.05, 0) is 12.1 Å². The van der Waals surface area contributed by atoms with Crippen molar-refractivity contribution in [3.63, 3.8) is 0 Å². The second kappa shape index (κ2) is 4.63. The van der Waals surface area contributed by atoms with Crippen LogP contribution in [-0.4, -0.2) is 22.0 Å². The van der Waals surface area contributed by atoms with Crippen LogP contribution >= 0.6 is 0 Å². The molecular weight excluding hydrogens is 220 g/mol. The molecule has 0 aliphatic carbocycles. The van der Waals surface area contributed by atoms with Gasteiger partial charge in [-0.2, -0.15) is 5.10 Å². The highest BCUT2D eigenvalue weighted by Crippen LogP contribution is 2.30. The van der Waals surface area contributed by atoms with E-state index in [9.17, 15) is 5.11 Å². The maximum atomic E-state index is 10.2. The lowest BCUT2D eigenvalue weighted by atomic mass is 10.2. The fourth-order valence-corrected chi connectivity index (χ4v) is 1.76. The molecule has 2 heterocycles. The summed E-state index contributed by atoms with van der Waals surface area (Å²) in [6.07, 6.45) is 1.51. The van der Waals surface area contributed by atoms with Crippen LogP contribution in [0.1, 0.15) is 30.2 Å². The molecule has 0 aliphatic rings. The molecule has 17 heavy (non-hydrogen) atoms. The van der Waals surface area contributed by atoms with Gasteiger partial charge in [0.2, 0.25) is 0 Å². The Labute approximate surface area is 99.6 Å². The largest absolute Gasteiger partial charge is 0.493 e. The molecule has 0 amide bonds. The van der Waals surface area contributed by atoms with E-state index in [-0.39, 0.29) is 0 Å². The van der Waals surface area contributed by atoms with Crippen LogP contribution in [-0.2, 0) is 13.5 Å². The Morgan fingerprint density at radius 1 is 1.53 bits per heavy atom. The van der Waals surface area contributed by atoms with E-state index < -0.39 is 6.10 Å². The van der Waals surface area contributed by atoms with Gasteiger partial charge in [-0.25, -0.2) is 0 Å². The van der Waals surface area contributed by atoms with Gasteiger partial charge in [0.25, 0.3) is 0 Å². The Kier molecular flexibility index (Phi) is 3.19. The van der Waals surface area contributed by atoms with Gasteiger partial charge >= 0.3 is 0 Å². The lowest BCUT2D eigenvalue weighted by Crippen LogP contribution is -2.07. The molecule has 2 aromatic rings. The van der Waals surface area contributed by atoms with E-state index in [2.05, 4.69) is 5.10 Å². The number of aryl methyl sites for hydroxylation is 2. The predicted octanol–water partition coefficient (Wildman–Crippen LogP) is 1.67. The van der Waals surface area contributed by atoms with Crippen molar-refractivity contribution >= 4 is 0 Å². The number of methoxy groups -OCH3 is 1. The van der Waals surface area contributed by atoms with E-state index in [4.69, 9.17) is 9.15 Å². The second-order valence-electron chi connectivity index (χ2n) is 3.78. The van der Waals surface area contributed by atoms with E-state index in [1.807, 2.05) is 13.0 Å². The molecule has 0 aromatic carbocycles. The fraction of sp³-hybridized carbons (Fsp3) is 0.417. The molecule has 1 N–H and O–H groups in total. The fourth-order valence-electron chi connectivity index (χ4n) is 1.76. The van der Waals surface area contributed by atoms with Gasteiger partial charge in [-0.15, -0.1) is 0 Å². The molecule has 0 aliphatic heterocycles. The smallest absolute Gasteiger partial charge is 0.163 e. The maximum Gasteiger partial charge on any atom is 0.163 e. The summed E-state index contributed by atoms with van der Waals surface area (Å²) in [5.74, 6) is 1.90. The standard InChI is InChI=1S/C12H16N2O3/c1-4-8-5-6-9(17-8)12(15)11-10(16-3)7-13-14(11)2/h5-7,12,15H,4H2,1-3H3. The van der Waals surface area contributed by atoms with Crippen molar-refractivity contribution in [2.45, 2.75) is 19.4 Å². The Hall–Kier alpha value is -1.75. The molecule has 1 atom stereocenters. The first-order valence-electron chi connectivity index (χ1n) is 5.50. The molecular formula is C12H16N2O3. The number of nitrogens with zero attached hydrogens (tertiary/aromatic N) is 2. The zero-order valence-electron chi connectivity index (χ0n) is 10.2. The highest BCUT2D eigenvalue weighted by Gasteiger charge is 2.22. The molecule has 2 aromatic heterocycles. The summed E-state index contributed by atoms with van der Waals surface area (Å²) in [7, 11) is 3.30. The van der Waals surface area contributed by atoms with Crippen LogP contribution in [0, 0.1) is 0 Å². The predicted molar refractivity (Wildman–Crippen MR) is 61.9 cm³/mol. The number of rotatable bonds is 4. The summed E-state index contributed by atoms with van der Waals surface area (Å²) in [4.78, 5) is 0. The van der Waals surface area contributed by atoms with Crippen LogP contribution in [0.5, 0.6) is 5.75 Å². The first kappa shape index (κ1) is 11.7. The van der Waals surface area contributed by atoms with Crippen LogP contribution in [0.25, 0.3) is 0 Å². The van der Waals surface area contributed by atoms with Gasteiger partial charge in [-0.3, -0.25) is 4.68 Å². The molecule has 0 bridgehead atoms. The van der Waals surface area contributed by atoms with Gasteiger partial charge in [0.15, 0.2) is 11.9 Å². The van der Waals surface area contributed by atoms with E-state index in [1.54, 1.807) is 31.1 Å². The monoisotopic (exact) mass is 236 g/mol. The number of aliphatic hydroxyl groups is 1. The average Bonchev–Trinajstić information content (AvgIpc) is 2.94. The zero-order valence-corrected chi connectivity index (χ0v) is 10.2. The summed E-state index contributed by atoms with van der Waals surface area (Å²) < 4.78 is 12.3. The van der Waals surface area contributed by atoms with Crippen LogP contribution in [0.2, 0.25) is 0 Å². The Morgan fingerprint density at radius 3 is 2.88 bits per heavy atom. The molecule has 5 heteroatoms. The van der Waals surface area contributed by atoms with E-state index >= 15 is 0 Å². The number of furan rings is 1. The minimum absolute atomic E-state index is 0.503. The molecule has 0 spiro atoms. The number of ether oxygens (including phenoxy) is 1. The molecule has 0 radical (unpaired) electrons. The minimum Gasteiger partial charge on any atom is -0.493 e. The molecule has 5 nitrogen and oxygen atoms in total. The molecule has 92 valence electrons. The van der Waals surface area contributed by atoms with Crippen molar-refractivity contribution in [2.24, 2.45) is 7.05 Å². The first-order valence-corrected chi connectivity index (χ1v) is 5.50. The normalized spacial score (nSPS) is 12.7. The van der Waals surface area contributed by atoms with Gasteiger partial charge in [0, 0.05) is 13.5 Å². The summed E-state index contributed by atoms with van der Waals surface area (Å²) in [5, 5.41) is 14.3. The number of hydrogen-bond donors (Lipinski definition) is 1. The Balaban J connectivity index is 2.35. The molecule has 2 rings (SSSR count). The van der Waals surface area contributed by atoms with Crippen LogP contribution in [0.15, 0.2) is 22.7 Å². The number of hydrogen-bond acceptors (Lipinski definition) is 4. The summed E-state index contributed by atoms with van der Waals surface area (Å²) in [6.45, 7) is 2.00. The lowest BCUT2D eigenvalue weighted by Gasteiger charge is -2.10. The minimum atomic E-state index is -0.863. The van der Waals surface area contributed by atoms with Crippen molar-refractivity contribution < 1.29 is 14.3 Å². The van der Waals surface area contributed by atoms with Gasteiger partial charge in [0.05, 0.1) is 13.3 Å². The van der Waals surface area contributed by atoms with Crippen LogP contribution in [0.3, 0.4) is 0 Å². The van der Waals surface area contributed by atoms with Crippen molar-refractivity contribution in [1.82, 2.24) is 9.78 Å². The van der Waals surface area contributed by atoms with E-state index in [0.29, 0.717) is 17.2 Å². The average molecular weight is 236 g/mol. The highest BCUT2D eigenvalue weighted by atomic mass is 16.5. The van der Waals surface area contributed by atoms with E-state index in [1.165, 1.54) is 0 Å². The van der Waals surface area contributed by atoms with Gasteiger partial charge < -0.3 is 14.3 Å². The van der Waals surface area contributed by atoms with Gasteiger partial charge in [0.1, 0.15) is 17.2 Å². The third-order valence-electron chi connectivity index (χ3n) is 2.73. The van der Waals surface area contributed by atoms with Crippen molar-refractivity contribution in [1.29, 1.82) is 0 Å². The summed E-state index contributed by atoms with van der Waals surface area (Å²) in [5.41, 5.74) is 0.588. The molecule has 0 saturated carbocycles. The quantitative estimate of drug-likeness (QED) is 0.877. The van der Waals surface area contributed by atoms with Crippen LogP contribution in [0.4, 0.5) is 0 Å². The SMILES string of the molecule is CCc1ccc(C(O)c2c(OC)cnn2C)o1. The lowest BCUT2D eigenvalue weighted by molar-refractivity contribution is 0.173.